The summed E-state index contributed by atoms with van der Waals surface area (Å²) in [5.41, 5.74) is 12.1. The van der Waals surface area contributed by atoms with E-state index in [1.165, 1.54) is 12.2 Å². The molecule has 0 radical (unpaired) electrons. The summed E-state index contributed by atoms with van der Waals surface area (Å²) in [7, 11) is 0. The summed E-state index contributed by atoms with van der Waals surface area (Å²) in [6.45, 7) is 0. The molecule has 72 valence electrons. The summed E-state index contributed by atoms with van der Waals surface area (Å²) in [6.07, 6.45) is 5.78. The SMILES string of the molecule is NC1C=CC(N)C2=C1C(=O)C=CC2=O. The second-order valence-corrected chi connectivity index (χ2v) is 3.33. The largest absolute Gasteiger partial charge is 0.321 e. The van der Waals surface area contributed by atoms with Crippen molar-refractivity contribution < 1.29 is 9.59 Å². The van der Waals surface area contributed by atoms with Gasteiger partial charge in [-0.1, -0.05) is 12.2 Å². The lowest BCUT2D eigenvalue weighted by atomic mass is 9.82. The molecule has 0 bridgehead atoms. The van der Waals surface area contributed by atoms with Crippen LogP contribution in [0.2, 0.25) is 0 Å². The summed E-state index contributed by atoms with van der Waals surface area (Å²) in [5.74, 6) is -0.432. The van der Waals surface area contributed by atoms with Gasteiger partial charge in [0.05, 0.1) is 12.1 Å². The molecule has 0 aromatic rings. The average molecular weight is 190 g/mol. The van der Waals surface area contributed by atoms with Crippen LogP contribution < -0.4 is 11.5 Å². The first-order chi connectivity index (χ1) is 6.61. The molecule has 0 fully saturated rings. The van der Waals surface area contributed by atoms with Gasteiger partial charge in [-0.05, 0) is 12.2 Å². The molecule has 0 heterocycles. The molecule has 0 aromatic heterocycles. The Morgan fingerprint density at radius 1 is 0.857 bits per heavy atom. The lowest BCUT2D eigenvalue weighted by Crippen LogP contribution is -2.39. The normalized spacial score (nSPS) is 31.0. The van der Waals surface area contributed by atoms with Crippen molar-refractivity contribution in [3.63, 3.8) is 0 Å². The first-order valence-electron chi connectivity index (χ1n) is 4.31. The first kappa shape index (κ1) is 9.05. The van der Waals surface area contributed by atoms with Gasteiger partial charge in [0.2, 0.25) is 0 Å². The maximum Gasteiger partial charge on any atom is 0.184 e. The number of ketones is 2. The van der Waals surface area contributed by atoms with Crippen LogP contribution in [0.15, 0.2) is 35.5 Å². The highest BCUT2D eigenvalue weighted by molar-refractivity contribution is 6.21. The Kier molecular flexibility index (Phi) is 1.94. The molecule has 0 amide bonds. The number of carbonyl (C=O) groups is 2. The van der Waals surface area contributed by atoms with Crippen molar-refractivity contribution in [1.29, 1.82) is 0 Å². The van der Waals surface area contributed by atoms with E-state index >= 15 is 0 Å². The fourth-order valence-corrected chi connectivity index (χ4v) is 1.72. The van der Waals surface area contributed by atoms with Crippen molar-refractivity contribution in [3.8, 4) is 0 Å². The van der Waals surface area contributed by atoms with Gasteiger partial charge in [-0.2, -0.15) is 0 Å². The quantitative estimate of drug-likeness (QED) is 0.387. The highest BCUT2D eigenvalue weighted by atomic mass is 16.1. The fraction of sp³-hybridized carbons (Fsp3) is 0.200. The minimum atomic E-state index is -0.508. The minimum absolute atomic E-state index is 0.216. The second kappa shape index (κ2) is 3.01. The number of allylic oxidation sites excluding steroid dienone is 2. The molecule has 2 aliphatic carbocycles. The molecule has 0 saturated carbocycles. The summed E-state index contributed by atoms with van der Waals surface area (Å²) < 4.78 is 0. The Morgan fingerprint density at radius 3 is 1.57 bits per heavy atom. The summed E-state index contributed by atoms with van der Waals surface area (Å²) in [6, 6.07) is -1.02. The van der Waals surface area contributed by atoms with Crippen molar-refractivity contribution in [2.45, 2.75) is 12.1 Å². The van der Waals surface area contributed by atoms with Gasteiger partial charge in [0.25, 0.3) is 0 Å². The van der Waals surface area contributed by atoms with Crippen LogP contribution in [-0.4, -0.2) is 23.7 Å². The average Bonchev–Trinajstić information content (AvgIpc) is 2.16. The van der Waals surface area contributed by atoms with Crippen LogP contribution in [0.25, 0.3) is 0 Å². The monoisotopic (exact) mass is 190 g/mol. The highest BCUT2D eigenvalue weighted by Gasteiger charge is 2.31. The Labute approximate surface area is 80.9 Å². The van der Waals surface area contributed by atoms with E-state index in [9.17, 15) is 9.59 Å². The van der Waals surface area contributed by atoms with Crippen molar-refractivity contribution in [2.75, 3.05) is 0 Å². The number of hydrogen-bond donors (Lipinski definition) is 2. The van der Waals surface area contributed by atoms with Gasteiger partial charge in [-0.3, -0.25) is 9.59 Å². The molecular weight excluding hydrogens is 180 g/mol. The molecule has 0 aliphatic heterocycles. The van der Waals surface area contributed by atoms with Crippen LogP contribution in [0.1, 0.15) is 0 Å². The molecular formula is C10H10N2O2. The second-order valence-electron chi connectivity index (χ2n) is 3.33. The van der Waals surface area contributed by atoms with Crippen LogP contribution >= 0.6 is 0 Å². The lowest BCUT2D eigenvalue weighted by Gasteiger charge is -2.24. The maximum absolute atomic E-state index is 11.5. The minimum Gasteiger partial charge on any atom is -0.321 e. The molecule has 2 aliphatic rings. The molecule has 2 rings (SSSR count). The third-order valence-electron chi connectivity index (χ3n) is 2.40. The third-order valence-corrected chi connectivity index (χ3v) is 2.40. The van der Waals surface area contributed by atoms with Crippen LogP contribution in [0, 0.1) is 0 Å². The molecule has 0 saturated heterocycles. The number of nitrogens with two attached hydrogens (primary N) is 2. The third kappa shape index (κ3) is 1.16. The summed E-state index contributed by atoms with van der Waals surface area (Å²) in [5, 5.41) is 0. The van der Waals surface area contributed by atoms with Crippen LogP contribution in [0.3, 0.4) is 0 Å². The van der Waals surface area contributed by atoms with E-state index < -0.39 is 12.1 Å². The number of carbonyl (C=O) groups excluding carboxylic acids is 2. The standard InChI is InChI=1S/C10H10N2O2/c11-5-1-2-6(12)10-8(14)4-3-7(13)9(5)10/h1-6H,11-12H2. The molecule has 0 aromatic carbocycles. The van der Waals surface area contributed by atoms with Crippen LogP contribution in [-0.2, 0) is 9.59 Å². The predicted octanol–water partition coefficient (Wildman–Crippen LogP) is -0.785. The van der Waals surface area contributed by atoms with Gasteiger partial charge >= 0.3 is 0 Å². The van der Waals surface area contributed by atoms with Gasteiger partial charge < -0.3 is 11.5 Å². The van der Waals surface area contributed by atoms with Gasteiger partial charge in [0.15, 0.2) is 11.6 Å². The van der Waals surface area contributed by atoms with E-state index in [-0.39, 0.29) is 11.6 Å². The van der Waals surface area contributed by atoms with E-state index in [1.807, 2.05) is 0 Å². The smallest absolute Gasteiger partial charge is 0.184 e. The van der Waals surface area contributed by atoms with Gasteiger partial charge in [-0.15, -0.1) is 0 Å². The zero-order valence-corrected chi connectivity index (χ0v) is 7.44. The van der Waals surface area contributed by atoms with E-state index in [0.29, 0.717) is 11.1 Å². The number of rotatable bonds is 0. The molecule has 4 heteroatoms. The summed E-state index contributed by atoms with van der Waals surface area (Å²) >= 11 is 0. The zero-order chi connectivity index (χ0) is 10.3. The Bertz CT molecular complexity index is 368. The van der Waals surface area contributed by atoms with E-state index in [1.54, 1.807) is 12.2 Å². The van der Waals surface area contributed by atoms with Gasteiger partial charge in [0.1, 0.15) is 0 Å². The molecule has 0 spiro atoms. The Morgan fingerprint density at radius 2 is 1.21 bits per heavy atom. The van der Waals surface area contributed by atoms with E-state index in [0.717, 1.165) is 0 Å². The molecule has 2 unspecified atom stereocenters. The Hall–Kier alpha value is -1.52. The highest BCUT2D eigenvalue weighted by Crippen LogP contribution is 2.23. The first-order valence-corrected chi connectivity index (χ1v) is 4.31. The fourth-order valence-electron chi connectivity index (χ4n) is 1.72. The molecule has 14 heavy (non-hydrogen) atoms. The molecule has 4 nitrogen and oxygen atoms in total. The maximum atomic E-state index is 11.5. The number of hydrogen-bond acceptors (Lipinski definition) is 4. The topological polar surface area (TPSA) is 86.2 Å². The zero-order valence-electron chi connectivity index (χ0n) is 7.44. The van der Waals surface area contributed by atoms with Crippen LogP contribution in [0.5, 0.6) is 0 Å². The van der Waals surface area contributed by atoms with Crippen molar-refractivity contribution in [3.05, 3.63) is 35.5 Å². The van der Waals surface area contributed by atoms with Crippen molar-refractivity contribution >= 4 is 11.6 Å². The van der Waals surface area contributed by atoms with Crippen LogP contribution in [0.4, 0.5) is 0 Å². The summed E-state index contributed by atoms with van der Waals surface area (Å²) in [4.78, 5) is 22.9. The van der Waals surface area contributed by atoms with Crippen molar-refractivity contribution in [1.82, 2.24) is 0 Å². The van der Waals surface area contributed by atoms with Gasteiger partial charge in [0, 0.05) is 11.1 Å². The predicted molar refractivity (Wildman–Crippen MR) is 51.3 cm³/mol. The molecule has 2 atom stereocenters. The molecule has 4 N–H and O–H groups in total. The van der Waals surface area contributed by atoms with Crippen molar-refractivity contribution in [2.24, 2.45) is 11.5 Å². The Balaban J connectivity index is 2.55. The van der Waals surface area contributed by atoms with E-state index in [2.05, 4.69) is 0 Å². The lowest BCUT2D eigenvalue weighted by molar-refractivity contribution is -0.115. The van der Waals surface area contributed by atoms with Gasteiger partial charge in [-0.25, -0.2) is 0 Å². The van der Waals surface area contributed by atoms with E-state index in [4.69, 9.17) is 11.5 Å².